The number of aromatic nitrogens is 1. The van der Waals surface area contributed by atoms with Crippen molar-refractivity contribution in [3.63, 3.8) is 0 Å². The standard InChI is InChI=1S/C57H69F3N8O6S/c1-34-47(75-33-62-34)37-16-14-36(15-17-37)46(40-31-73-32-40)64-50(71)45-25-42(69)30-68(45)51(72)48-54(2,3)27-41(63-48)29-67-23-21-66(22-24-67)20-8-9-35-10-12-38(13-11-35)49(70)65-52-55(4,5)53(56(52,6)7)74-43-19-18-39(28-61)44(26-43)57(58,59)60/h10-19,26-27,33,40,42,45-46,48,52-53,63,69H,8-9,20-25,29-32H2,1-7H3,(H,64,71)(H,65,70)/t42-,45+,46+,48-,52?,53?/m1/s1. The van der Waals surface area contributed by atoms with E-state index in [-0.39, 0.29) is 54.4 Å². The van der Waals surface area contributed by atoms with Crippen molar-refractivity contribution in [2.24, 2.45) is 22.2 Å². The average molecular weight is 1050 g/mol. The van der Waals surface area contributed by atoms with Gasteiger partial charge in [0.25, 0.3) is 5.91 Å². The van der Waals surface area contributed by atoms with Gasteiger partial charge in [-0.1, -0.05) is 84.0 Å². The summed E-state index contributed by atoms with van der Waals surface area (Å²) in [6, 6.07) is 18.8. The zero-order valence-electron chi connectivity index (χ0n) is 43.8. The third kappa shape index (κ3) is 11.3. The molecule has 3 amide bonds. The molecule has 1 saturated carbocycles. The second-order valence-corrected chi connectivity index (χ2v) is 23.8. The normalized spacial score (nSPS) is 24.7. The summed E-state index contributed by atoms with van der Waals surface area (Å²) in [5, 5.41) is 30.0. The topological polar surface area (TPSA) is 172 Å². The lowest BCUT2D eigenvalue weighted by Gasteiger charge is -2.63. The number of hydrogen-bond acceptors (Lipinski definition) is 12. The number of aliphatic hydroxyl groups is 1. The van der Waals surface area contributed by atoms with E-state index in [1.54, 1.807) is 22.3 Å². The fraction of sp³-hybridized carbons (Fsp3) is 0.526. The van der Waals surface area contributed by atoms with Gasteiger partial charge in [0.1, 0.15) is 23.9 Å². The van der Waals surface area contributed by atoms with Crippen molar-refractivity contribution in [1.82, 2.24) is 35.6 Å². The van der Waals surface area contributed by atoms with Crippen LogP contribution in [0.25, 0.3) is 10.4 Å². The number of carbonyl (C=O) groups is 3. The van der Waals surface area contributed by atoms with E-state index >= 15 is 0 Å². The Kier molecular flexibility index (Phi) is 15.3. The average Bonchev–Trinajstić information content (AvgIpc) is 4.09. The molecule has 5 aliphatic rings. The number of benzene rings is 3. The number of thiazole rings is 1. The lowest BCUT2D eigenvalue weighted by atomic mass is 9.49. The van der Waals surface area contributed by atoms with Crippen molar-refractivity contribution in [1.29, 1.82) is 5.26 Å². The highest BCUT2D eigenvalue weighted by molar-refractivity contribution is 7.13. The summed E-state index contributed by atoms with van der Waals surface area (Å²) in [5.74, 6) is -0.591. The fourth-order valence-electron chi connectivity index (χ4n) is 12.3. The highest BCUT2D eigenvalue weighted by Crippen LogP contribution is 2.56. The number of aliphatic hydroxyl groups excluding tert-OH is 1. The Hall–Kier alpha value is -5.84. The molecule has 1 aromatic heterocycles. The monoisotopic (exact) mass is 1050 g/mol. The molecule has 0 bridgehead atoms. The van der Waals surface area contributed by atoms with E-state index in [0.29, 0.717) is 25.3 Å². The molecule has 1 aliphatic carbocycles. The van der Waals surface area contributed by atoms with Gasteiger partial charge in [-0.05, 0) is 73.3 Å². The largest absolute Gasteiger partial charge is 0.489 e. The summed E-state index contributed by atoms with van der Waals surface area (Å²) in [6.07, 6.45) is -1.90. The quantitative estimate of drug-likeness (QED) is 0.0875. The molecule has 18 heteroatoms. The minimum Gasteiger partial charge on any atom is -0.489 e. The molecule has 0 unspecified atom stereocenters. The maximum absolute atomic E-state index is 14.4. The molecule has 4 aromatic rings. The Morgan fingerprint density at radius 1 is 0.973 bits per heavy atom. The van der Waals surface area contributed by atoms with Gasteiger partial charge in [0.15, 0.2) is 0 Å². The van der Waals surface area contributed by atoms with Crippen LogP contribution in [0.4, 0.5) is 13.2 Å². The van der Waals surface area contributed by atoms with Crippen LogP contribution in [-0.2, 0) is 26.9 Å². The molecule has 400 valence electrons. The molecule has 3 aromatic carbocycles. The molecule has 4 aliphatic heterocycles. The van der Waals surface area contributed by atoms with Gasteiger partial charge in [-0.2, -0.15) is 18.4 Å². The van der Waals surface area contributed by atoms with Crippen molar-refractivity contribution in [3.8, 4) is 22.3 Å². The van der Waals surface area contributed by atoms with Crippen LogP contribution in [-0.4, -0.2) is 132 Å². The third-order valence-corrected chi connectivity index (χ3v) is 17.2. The Bertz CT molecular complexity index is 2800. The van der Waals surface area contributed by atoms with Gasteiger partial charge in [-0.3, -0.25) is 19.3 Å². The number of halogens is 3. The number of nitriles is 1. The van der Waals surface area contributed by atoms with Crippen molar-refractivity contribution >= 4 is 29.1 Å². The Labute approximate surface area is 441 Å². The number of rotatable bonds is 16. The van der Waals surface area contributed by atoms with E-state index in [1.165, 1.54) is 6.07 Å². The first-order chi connectivity index (χ1) is 35.5. The van der Waals surface area contributed by atoms with Crippen LogP contribution in [0.1, 0.15) is 98.7 Å². The summed E-state index contributed by atoms with van der Waals surface area (Å²) in [4.78, 5) is 54.0. The van der Waals surface area contributed by atoms with Crippen LogP contribution in [0.2, 0.25) is 0 Å². The van der Waals surface area contributed by atoms with Gasteiger partial charge in [-0.15, -0.1) is 11.3 Å². The van der Waals surface area contributed by atoms with Gasteiger partial charge in [0.05, 0.1) is 58.6 Å². The van der Waals surface area contributed by atoms with E-state index in [9.17, 15) is 37.9 Å². The van der Waals surface area contributed by atoms with Crippen LogP contribution in [0, 0.1) is 40.4 Å². The second-order valence-electron chi connectivity index (χ2n) is 22.9. The number of β-amino-alcohol motifs (C(OH)–C–C–N with tert-alkyl or cyclic N) is 1. The van der Waals surface area contributed by atoms with E-state index in [0.717, 1.165) is 90.7 Å². The van der Waals surface area contributed by atoms with Crippen LogP contribution >= 0.6 is 11.3 Å². The first-order valence-corrected chi connectivity index (χ1v) is 26.9. The Balaban J connectivity index is 0.713. The highest BCUT2D eigenvalue weighted by Gasteiger charge is 2.64. The Morgan fingerprint density at radius 3 is 2.27 bits per heavy atom. The van der Waals surface area contributed by atoms with Gasteiger partial charge >= 0.3 is 6.18 Å². The minimum atomic E-state index is -4.70. The lowest BCUT2D eigenvalue weighted by Crippen LogP contribution is -2.74. The fourth-order valence-corrected chi connectivity index (χ4v) is 13.1. The molecular weight excluding hydrogens is 982 g/mol. The number of ether oxygens (including phenoxy) is 2. The number of amides is 3. The first kappa shape index (κ1) is 54.0. The van der Waals surface area contributed by atoms with Crippen LogP contribution < -0.4 is 20.7 Å². The third-order valence-electron chi connectivity index (χ3n) is 16.2. The van der Waals surface area contributed by atoms with Crippen LogP contribution in [0.3, 0.4) is 0 Å². The zero-order valence-corrected chi connectivity index (χ0v) is 44.6. The molecule has 4 atom stereocenters. The van der Waals surface area contributed by atoms with Gasteiger partial charge in [0, 0.05) is 85.2 Å². The number of nitrogens with zero attached hydrogens (tertiary/aromatic N) is 5. The van der Waals surface area contributed by atoms with Gasteiger partial charge in [0.2, 0.25) is 11.8 Å². The molecule has 75 heavy (non-hydrogen) atoms. The molecule has 0 radical (unpaired) electrons. The summed E-state index contributed by atoms with van der Waals surface area (Å²) in [6.45, 7) is 20.1. The second kappa shape index (κ2) is 21.3. The molecule has 14 nitrogen and oxygen atoms in total. The van der Waals surface area contributed by atoms with Crippen LogP contribution in [0.15, 0.2) is 84.0 Å². The maximum atomic E-state index is 14.4. The number of aryl methyl sites for hydroxylation is 2. The van der Waals surface area contributed by atoms with E-state index < -0.39 is 57.8 Å². The molecule has 5 heterocycles. The Morgan fingerprint density at radius 2 is 1.65 bits per heavy atom. The maximum Gasteiger partial charge on any atom is 0.417 e. The molecule has 4 N–H and O–H groups in total. The van der Waals surface area contributed by atoms with Crippen molar-refractivity contribution in [3.05, 3.63) is 118 Å². The smallest absolute Gasteiger partial charge is 0.417 e. The van der Waals surface area contributed by atoms with Crippen molar-refractivity contribution in [2.75, 3.05) is 59.0 Å². The summed E-state index contributed by atoms with van der Waals surface area (Å²) >= 11 is 1.59. The minimum absolute atomic E-state index is 0.0191. The summed E-state index contributed by atoms with van der Waals surface area (Å²) < 4.78 is 52.6. The van der Waals surface area contributed by atoms with Crippen molar-refractivity contribution < 1.29 is 42.1 Å². The zero-order chi connectivity index (χ0) is 53.6. The number of likely N-dealkylation sites (tertiary alicyclic amines) is 1. The molecular formula is C57H69F3N8O6S. The molecule has 3 saturated heterocycles. The summed E-state index contributed by atoms with van der Waals surface area (Å²) in [7, 11) is 0. The highest BCUT2D eigenvalue weighted by atomic mass is 32.1. The summed E-state index contributed by atoms with van der Waals surface area (Å²) in [5.41, 5.74) is 4.22. The number of piperazine rings is 1. The van der Waals surface area contributed by atoms with E-state index in [1.807, 2.05) is 90.4 Å². The number of alkyl halides is 3. The number of hydrogen-bond donors (Lipinski definition) is 4. The van der Waals surface area contributed by atoms with E-state index in [4.69, 9.17) is 9.47 Å². The predicted octanol–water partition coefficient (Wildman–Crippen LogP) is 7.52. The van der Waals surface area contributed by atoms with E-state index in [2.05, 4.69) is 48.9 Å². The molecule has 9 rings (SSSR count). The van der Waals surface area contributed by atoms with Gasteiger partial charge < -0.3 is 40.3 Å². The number of nitrogens with one attached hydrogen (secondary N) is 3. The predicted molar refractivity (Wildman–Crippen MR) is 279 cm³/mol. The lowest BCUT2D eigenvalue weighted by molar-refractivity contribution is -0.164. The molecule has 0 spiro atoms. The number of carbonyl (C=O) groups excluding carboxylic acids is 3. The van der Waals surface area contributed by atoms with Crippen molar-refractivity contribution in [2.45, 2.75) is 110 Å². The molecule has 4 fully saturated rings. The first-order valence-electron chi connectivity index (χ1n) is 26.0. The SMILES string of the molecule is Cc1ncsc1-c1ccc([C@H](NC(=O)[C@@H]2C[C@@H](O)CN2C(=O)[C@H]2NC(CN3CCN(CCCc4ccc(C(=O)NC5C(C)(C)C(Oc6ccc(C#N)c(C(F)(F)F)c6)C5(C)C)cc4)CC3)=CC2(C)C)C2COC2)cc1. The van der Waals surface area contributed by atoms with Crippen LogP contribution in [0.5, 0.6) is 5.75 Å². The van der Waals surface area contributed by atoms with Gasteiger partial charge in [-0.25, -0.2) is 4.98 Å².